The molecule has 0 bridgehead atoms. The van der Waals surface area contributed by atoms with Crippen molar-refractivity contribution in [2.45, 2.75) is 0 Å². The standard InChI is InChI=1S/C8H5NO2/c10-7-5-3-1-2-4-6(5)9-8(7)11/h1-4H,(H,9,10,11)/i6+1. The van der Waals surface area contributed by atoms with Gasteiger partial charge < -0.3 is 5.32 Å². The number of hydrogen-bond acceptors (Lipinski definition) is 2. The van der Waals surface area contributed by atoms with Gasteiger partial charge in [-0.2, -0.15) is 0 Å². The minimum atomic E-state index is -0.536. The third-order valence-electron chi connectivity index (χ3n) is 1.63. The molecule has 1 N–H and O–H groups in total. The number of carbonyl (C=O) groups excluding carboxylic acids is 2. The van der Waals surface area contributed by atoms with Gasteiger partial charge in [0, 0.05) is 0 Å². The van der Waals surface area contributed by atoms with Gasteiger partial charge in [0.25, 0.3) is 11.7 Å². The van der Waals surface area contributed by atoms with Crippen LogP contribution < -0.4 is 5.32 Å². The summed E-state index contributed by atoms with van der Waals surface area (Å²) in [6, 6.07) is 6.85. The smallest absolute Gasteiger partial charge is 0.296 e. The Morgan fingerprint density at radius 2 is 1.82 bits per heavy atom. The van der Waals surface area contributed by atoms with Gasteiger partial charge in [-0.1, -0.05) is 12.1 Å². The predicted molar refractivity (Wildman–Crippen MR) is 39.4 cm³/mol. The van der Waals surface area contributed by atoms with Crippen LogP contribution in [-0.2, 0) is 4.79 Å². The Labute approximate surface area is 63.0 Å². The Hall–Kier alpha value is -1.64. The van der Waals surface area contributed by atoms with Crippen molar-refractivity contribution in [1.82, 2.24) is 0 Å². The topological polar surface area (TPSA) is 46.2 Å². The molecule has 0 aromatic heterocycles. The maximum atomic E-state index is 11.0. The van der Waals surface area contributed by atoms with E-state index in [4.69, 9.17) is 0 Å². The minimum Gasteiger partial charge on any atom is -0.318 e. The van der Waals surface area contributed by atoms with Crippen molar-refractivity contribution in [2.24, 2.45) is 0 Å². The van der Waals surface area contributed by atoms with Crippen LogP contribution in [0.5, 0.6) is 0 Å². The lowest BCUT2D eigenvalue weighted by Crippen LogP contribution is -2.12. The fourth-order valence-corrected chi connectivity index (χ4v) is 1.09. The first-order valence-electron chi connectivity index (χ1n) is 3.24. The number of anilines is 1. The van der Waals surface area contributed by atoms with E-state index in [1.165, 1.54) is 0 Å². The normalized spacial score (nSPS) is 14.5. The molecular weight excluding hydrogens is 143 g/mol. The maximum absolute atomic E-state index is 11.0. The lowest BCUT2D eigenvalue weighted by molar-refractivity contribution is -0.112. The van der Waals surface area contributed by atoms with Crippen LogP contribution in [0.15, 0.2) is 24.3 Å². The van der Waals surface area contributed by atoms with E-state index in [0.29, 0.717) is 11.3 Å². The first kappa shape index (κ1) is 6.09. The second-order valence-electron chi connectivity index (χ2n) is 2.33. The molecule has 3 heteroatoms. The van der Waals surface area contributed by atoms with E-state index in [-0.39, 0.29) is 0 Å². The van der Waals surface area contributed by atoms with Gasteiger partial charge >= 0.3 is 0 Å². The van der Waals surface area contributed by atoms with Crippen LogP contribution >= 0.6 is 0 Å². The highest BCUT2D eigenvalue weighted by molar-refractivity contribution is 6.51. The number of Topliss-reactive ketones (excluding diaryl/α,β-unsaturated/α-hetero) is 1. The van der Waals surface area contributed by atoms with Crippen molar-refractivity contribution in [1.29, 1.82) is 0 Å². The molecule has 0 fully saturated rings. The van der Waals surface area contributed by atoms with Gasteiger partial charge in [0.2, 0.25) is 0 Å². The summed E-state index contributed by atoms with van der Waals surface area (Å²) in [5, 5.41) is 2.46. The lowest BCUT2D eigenvalue weighted by Gasteiger charge is -1.91. The summed E-state index contributed by atoms with van der Waals surface area (Å²) in [6.07, 6.45) is 0. The molecule has 0 aliphatic carbocycles. The number of fused-ring (bicyclic) bond motifs is 1. The van der Waals surface area contributed by atoms with Crippen molar-refractivity contribution in [3.8, 4) is 0 Å². The van der Waals surface area contributed by atoms with E-state index in [2.05, 4.69) is 5.32 Å². The highest BCUT2D eigenvalue weighted by Crippen LogP contribution is 2.21. The number of para-hydroxylation sites is 1. The van der Waals surface area contributed by atoms with Gasteiger partial charge in [0.1, 0.15) is 0 Å². The molecule has 0 spiro atoms. The maximum Gasteiger partial charge on any atom is 0.296 e. The van der Waals surface area contributed by atoms with Gasteiger partial charge in [-0.15, -0.1) is 0 Å². The third-order valence-corrected chi connectivity index (χ3v) is 1.63. The zero-order valence-electron chi connectivity index (χ0n) is 5.63. The molecule has 0 saturated heterocycles. The summed E-state index contributed by atoms with van der Waals surface area (Å²) in [5.74, 6) is -0.980. The van der Waals surface area contributed by atoms with Crippen molar-refractivity contribution < 1.29 is 9.59 Å². The second-order valence-corrected chi connectivity index (χ2v) is 2.33. The molecule has 0 atom stereocenters. The van der Waals surface area contributed by atoms with Crippen molar-refractivity contribution in [2.75, 3.05) is 5.32 Å². The second kappa shape index (κ2) is 1.92. The molecular formula is C8H5NO2. The van der Waals surface area contributed by atoms with Gasteiger partial charge in [-0.25, -0.2) is 0 Å². The number of amides is 1. The molecule has 3 nitrogen and oxygen atoms in total. The highest BCUT2D eigenvalue weighted by Gasteiger charge is 2.26. The van der Waals surface area contributed by atoms with Gasteiger partial charge in [0.05, 0.1) is 11.3 Å². The zero-order chi connectivity index (χ0) is 7.84. The Bertz CT molecular complexity index is 344. The average Bonchev–Trinajstić information content (AvgIpc) is 2.30. The number of rotatable bonds is 0. The molecule has 1 aliphatic heterocycles. The van der Waals surface area contributed by atoms with Crippen LogP contribution in [0.4, 0.5) is 5.69 Å². The summed E-state index contributed by atoms with van der Waals surface area (Å²) >= 11 is 0. The summed E-state index contributed by atoms with van der Waals surface area (Å²) in [6.45, 7) is 0. The van der Waals surface area contributed by atoms with E-state index in [1.54, 1.807) is 24.3 Å². The molecule has 11 heavy (non-hydrogen) atoms. The van der Waals surface area contributed by atoms with Crippen molar-refractivity contribution in [3.63, 3.8) is 0 Å². The molecule has 54 valence electrons. The number of benzene rings is 1. The number of hydrogen-bond donors (Lipinski definition) is 1. The molecule has 1 aromatic rings. The first-order valence-corrected chi connectivity index (χ1v) is 3.24. The van der Waals surface area contributed by atoms with Crippen molar-refractivity contribution in [3.05, 3.63) is 29.8 Å². The van der Waals surface area contributed by atoms with Gasteiger partial charge in [-0.05, 0) is 12.1 Å². The quantitative estimate of drug-likeness (QED) is 0.553. The number of ketones is 1. The van der Waals surface area contributed by atoms with E-state index < -0.39 is 11.7 Å². The molecule has 0 unspecified atom stereocenters. The van der Waals surface area contributed by atoms with Crippen LogP contribution in [0, 0.1) is 0 Å². The monoisotopic (exact) mass is 148 g/mol. The summed E-state index contributed by atoms with van der Waals surface area (Å²) < 4.78 is 0. The Morgan fingerprint density at radius 3 is 2.55 bits per heavy atom. The SMILES string of the molecule is O=C1N[13c]2ccccc2C1=O. The fraction of sp³-hybridized carbons (Fsp3) is 0. The molecule has 0 radical (unpaired) electrons. The van der Waals surface area contributed by atoms with E-state index in [0.717, 1.165) is 0 Å². The largest absolute Gasteiger partial charge is 0.318 e. The average molecular weight is 148 g/mol. The van der Waals surface area contributed by atoms with Crippen LogP contribution in [0.25, 0.3) is 0 Å². The molecule has 1 aromatic carbocycles. The van der Waals surface area contributed by atoms with Gasteiger partial charge in [-0.3, -0.25) is 9.59 Å². The van der Waals surface area contributed by atoms with Crippen LogP contribution in [0.1, 0.15) is 10.4 Å². The van der Waals surface area contributed by atoms with E-state index in [9.17, 15) is 9.59 Å². The van der Waals surface area contributed by atoms with Crippen molar-refractivity contribution >= 4 is 17.4 Å². The summed E-state index contributed by atoms with van der Waals surface area (Å²) in [4.78, 5) is 21.8. The minimum absolute atomic E-state index is 0.444. The van der Waals surface area contributed by atoms with Crippen LogP contribution in [-0.4, -0.2) is 11.7 Å². The Morgan fingerprint density at radius 1 is 1.09 bits per heavy atom. The van der Waals surface area contributed by atoms with Crippen LogP contribution in [0.2, 0.25) is 0 Å². The van der Waals surface area contributed by atoms with E-state index in [1.807, 2.05) is 0 Å². The highest BCUT2D eigenvalue weighted by atomic mass is 16.2. The lowest BCUT2D eigenvalue weighted by atomic mass is 10.2. The molecule has 1 heterocycles. The van der Waals surface area contributed by atoms with Gasteiger partial charge in [0.15, 0.2) is 0 Å². The molecule has 1 amide bonds. The van der Waals surface area contributed by atoms with Crippen LogP contribution in [0.3, 0.4) is 0 Å². The number of carbonyl (C=O) groups is 2. The number of nitrogens with one attached hydrogen (secondary N) is 1. The fourth-order valence-electron chi connectivity index (χ4n) is 1.09. The molecule has 1 aliphatic rings. The molecule has 2 rings (SSSR count). The third kappa shape index (κ3) is 0.741. The Balaban J connectivity index is 2.64. The summed E-state index contributed by atoms with van der Waals surface area (Å²) in [7, 11) is 0. The van der Waals surface area contributed by atoms with E-state index >= 15 is 0 Å². The molecule has 0 saturated carbocycles. The zero-order valence-corrected chi connectivity index (χ0v) is 5.63. The predicted octanol–water partition coefficient (Wildman–Crippen LogP) is 0.821. The Kier molecular flexibility index (Phi) is 1.06. The summed E-state index contributed by atoms with van der Waals surface area (Å²) in [5.41, 5.74) is 1.08. The first-order chi connectivity index (χ1) is 5.29.